The van der Waals surface area contributed by atoms with Crippen molar-refractivity contribution < 1.29 is 13.9 Å². The summed E-state index contributed by atoms with van der Waals surface area (Å²) in [6, 6.07) is 7.09. The van der Waals surface area contributed by atoms with Gasteiger partial charge in [0.05, 0.1) is 13.2 Å². The molecule has 0 aliphatic carbocycles. The van der Waals surface area contributed by atoms with Crippen LogP contribution < -0.4 is 5.32 Å². The molecule has 0 bridgehead atoms. The molecule has 0 unspecified atom stereocenters. The monoisotopic (exact) mass is 349 g/mol. The molecule has 5 nitrogen and oxygen atoms in total. The molecule has 1 aromatic rings. The van der Waals surface area contributed by atoms with Crippen molar-refractivity contribution in [3.05, 3.63) is 35.6 Å². The Balaban J connectivity index is 1.50. The van der Waals surface area contributed by atoms with E-state index < -0.39 is 6.10 Å². The number of benzene rings is 1. The first kappa shape index (κ1) is 18.1. The van der Waals surface area contributed by atoms with Gasteiger partial charge in [-0.1, -0.05) is 18.2 Å². The number of hydrogen-bond acceptors (Lipinski definition) is 3. The van der Waals surface area contributed by atoms with Gasteiger partial charge in [0.15, 0.2) is 0 Å². The summed E-state index contributed by atoms with van der Waals surface area (Å²) in [5, 5.41) is 3.05. The first-order valence-corrected chi connectivity index (χ1v) is 9.17. The van der Waals surface area contributed by atoms with E-state index >= 15 is 0 Å². The van der Waals surface area contributed by atoms with E-state index in [1.165, 1.54) is 6.07 Å². The Morgan fingerprint density at radius 1 is 1.32 bits per heavy atom. The maximum atomic E-state index is 14.0. The van der Waals surface area contributed by atoms with Gasteiger partial charge in [-0.3, -0.25) is 0 Å². The van der Waals surface area contributed by atoms with Crippen LogP contribution in [0.25, 0.3) is 0 Å². The second-order valence-electron chi connectivity index (χ2n) is 7.26. The largest absolute Gasteiger partial charge is 0.370 e. The quantitative estimate of drug-likeness (QED) is 0.909. The number of urea groups is 1. The predicted molar refractivity (Wildman–Crippen MR) is 94.9 cm³/mol. The van der Waals surface area contributed by atoms with E-state index in [0.29, 0.717) is 43.8 Å². The van der Waals surface area contributed by atoms with Crippen LogP contribution in [-0.4, -0.2) is 61.2 Å². The summed E-state index contributed by atoms with van der Waals surface area (Å²) in [6.45, 7) is 8.61. The van der Waals surface area contributed by atoms with Crippen molar-refractivity contribution in [2.75, 3.05) is 39.3 Å². The fourth-order valence-electron chi connectivity index (χ4n) is 3.60. The van der Waals surface area contributed by atoms with Crippen molar-refractivity contribution in [1.29, 1.82) is 0 Å². The van der Waals surface area contributed by atoms with Gasteiger partial charge in [0.1, 0.15) is 11.9 Å². The zero-order valence-corrected chi connectivity index (χ0v) is 15.1. The van der Waals surface area contributed by atoms with Crippen LogP contribution >= 0.6 is 0 Å². The lowest BCUT2D eigenvalue weighted by Crippen LogP contribution is -2.48. The SMILES string of the molecule is CC(C)N1CC[C@@H](CNC(=O)N2CCO[C@@H](c3ccccc3F)C2)C1. The molecule has 2 amide bonds. The number of nitrogens with one attached hydrogen (secondary N) is 1. The lowest BCUT2D eigenvalue weighted by molar-refractivity contribution is -0.0172. The van der Waals surface area contributed by atoms with Crippen LogP contribution in [0.4, 0.5) is 9.18 Å². The average molecular weight is 349 g/mol. The Morgan fingerprint density at radius 2 is 2.12 bits per heavy atom. The number of rotatable bonds is 4. The molecule has 138 valence electrons. The maximum absolute atomic E-state index is 14.0. The molecule has 1 N–H and O–H groups in total. The molecule has 0 aromatic heterocycles. The molecule has 25 heavy (non-hydrogen) atoms. The van der Waals surface area contributed by atoms with Crippen LogP contribution in [0.15, 0.2) is 24.3 Å². The summed E-state index contributed by atoms with van der Waals surface area (Å²) in [6.07, 6.45) is 0.725. The molecule has 2 heterocycles. The van der Waals surface area contributed by atoms with Gasteiger partial charge in [0, 0.05) is 31.2 Å². The van der Waals surface area contributed by atoms with E-state index in [-0.39, 0.29) is 11.8 Å². The second kappa shape index (κ2) is 8.15. The fourth-order valence-corrected chi connectivity index (χ4v) is 3.60. The van der Waals surface area contributed by atoms with Gasteiger partial charge < -0.3 is 19.9 Å². The molecule has 0 radical (unpaired) electrons. The first-order valence-electron chi connectivity index (χ1n) is 9.17. The minimum atomic E-state index is -0.399. The minimum Gasteiger partial charge on any atom is -0.370 e. The van der Waals surface area contributed by atoms with Gasteiger partial charge in [0.2, 0.25) is 0 Å². The van der Waals surface area contributed by atoms with E-state index in [9.17, 15) is 9.18 Å². The molecule has 2 saturated heterocycles. The average Bonchev–Trinajstić information content (AvgIpc) is 3.09. The molecule has 0 spiro atoms. The van der Waals surface area contributed by atoms with E-state index in [0.717, 1.165) is 19.5 Å². The van der Waals surface area contributed by atoms with Crippen molar-refractivity contribution in [3.8, 4) is 0 Å². The molecular weight excluding hydrogens is 321 g/mol. The van der Waals surface area contributed by atoms with Crippen LogP contribution in [0.2, 0.25) is 0 Å². The van der Waals surface area contributed by atoms with Gasteiger partial charge in [0.25, 0.3) is 0 Å². The van der Waals surface area contributed by atoms with E-state index in [2.05, 4.69) is 24.1 Å². The fraction of sp³-hybridized carbons (Fsp3) is 0.632. The Hall–Kier alpha value is -1.66. The van der Waals surface area contributed by atoms with Gasteiger partial charge in [-0.05, 0) is 38.8 Å². The minimum absolute atomic E-state index is 0.0763. The first-order chi connectivity index (χ1) is 12.0. The third-order valence-electron chi connectivity index (χ3n) is 5.20. The van der Waals surface area contributed by atoms with Gasteiger partial charge in [-0.25, -0.2) is 9.18 Å². The van der Waals surface area contributed by atoms with E-state index in [1.54, 1.807) is 23.1 Å². The zero-order valence-electron chi connectivity index (χ0n) is 15.1. The highest BCUT2D eigenvalue weighted by molar-refractivity contribution is 5.74. The number of hydrogen-bond donors (Lipinski definition) is 1. The normalized spacial score (nSPS) is 24.7. The molecule has 3 rings (SSSR count). The van der Waals surface area contributed by atoms with Crippen LogP contribution in [0.3, 0.4) is 0 Å². The van der Waals surface area contributed by atoms with Crippen LogP contribution in [0.5, 0.6) is 0 Å². The Kier molecular flexibility index (Phi) is 5.91. The second-order valence-corrected chi connectivity index (χ2v) is 7.26. The Labute approximate surface area is 149 Å². The van der Waals surface area contributed by atoms with Crippen molar-refractivity contribution in [1.82, 2.24) is 15.1 Å². The molecule has 2 aliphatic rings. The summed E-state index contributed by atoms with van der Waals surface area (Å²) in [5.41, 5.74) is 0.517. The molecule has 0 saturated carbocycles. The molecule has 2 fully saturated rings. The van der Waals surface area contributed by atoms with E-state index in [4.69, 9.17) is 4.74 Å². The number of morpholine rings is 1. The summed E-state index contributed by atoms with van der Waals surface area (Å²) in [7, 11) is 0. The lowest BCUT2D eigenvalue weighted by atomic mass is 10.1. The van der Waals surface area contributed by atoms with Gasteiger partial charge in [-0.15, -0.1) is 0 Å². The van der Waals surface area contributed by atoms with Crippen LogP contribution in [0.1, 0.15) is 31.9 Å². The van der Waals surface area contributed by atoms with Crippen molar-refractivity contribution in [2.24, 2.45) is 5.92 Å². The highest BCUT2D eigenvalue weighted by Gasteiger charge is 2.28. The summed E-state index contributed by atoms with van der Waals surface area (Å²) in [5.74, 6) is 0.226. The number of likely N-dealkylation sites (tertiary alicyclic amines) is 1. The lowest BCUT2D eigenvalue weighted by Gasteiger charge is -2.33. The van der Waals surface area contributed by atoms with E-state index in [1.807, 2.05) is 0 Å². The third-order valence-corrected chi connectivity index (χ3v) is 5.20. The Bertz CT molecular complexity index is 596. The van der Waals surface area contributed by atoms with Crippen LogP contribution in [-0.2, 0) is 4.74 Å². The van der Waals surface area contributed by atoms with Crippen molar-refractivity contribution in [2.45, 2.75) is 32.4 Å². The molecule has 6 heteroatoms. The molecular formula is C19H28FN3O2. The highest BCUT2D eigenvalue weighted by atomic mass is 19.1. The number of carbonyl (C=O) groups excluding carboxylic acids is 1. The predicted octanol–water partition coefficient (Wildman–Crippen LogP) is 2.64. The summed E-state index contributed by atoms with van der Waals surface area (Å²) < 4.78 is 19.6. The molecule has 2 atom stereocenters. The standard InChI is InChI=1S/C19H28FN3O2/c1-14(2)22-8-7-15(12-22)11-21-19(24)23-9-10-25-18(13-23)16-5-3-4-6-17(16)20/h3-6,14-15,18H,7-13H2,1-2H3,(H,21,24)/t15-,18+/m0/s1. The van der Waals surface area contributed by atoms with Crippen molar-refractivity contribution in [3.63, 3.8) is 0 Å². The number of ether oxygens (including phenoxy) is 1. The topological polar surface area (TPSA) is 44.8 Å². The van der Waals surface area contributed by atoms with Gasteiger partial charge in [-0.2, -0.15) is 0 Å². The Morgan fingerprint density at radius 3 is 2.84 bits per heavy atom. The molecule has 1 aromatic carbocycles. The third kappa shape index (κ3) is 4.50. The summed E-state index contributed by atoms with van der Waals surface area (Å²) >= 11 is 0. The smallest absolute Gasteiger partial charge is 0.317 e. The number of nitrogens with zero attached hydrogens (tertiary/aromatic N) is 2. The number of amides is 2. The molecule has 2 aliphatic heterocycles. The number of carbonyl (C=O) groups is 1. The highest BCUT2D eigenvalue weighted by Crippen LogP contribution is 2.24. The van der Waals surface area contributed by atoms with Gasteiger partial charge >= 0.3 is 6.03 Å². The zero-order chi connectivity index (χ0) is 17.8. The number of halogens is 1. The van der Waals surface area contributed by atoms with Crippen LogP contribution in [0, 0.1) is 11.7 Å². The maximum Gasteiger partial charge on any atom is 0.317 e. The van der Waals surface area contributed by atoms with Crippen molar-refractivity contribution >= 4 is 6.03 Å². The summed E-state index contributed by atoms with van der Waals surface area (Å²) in [4.78, 5) is 16.7.